The van der Waals surface area contributed by atoms with E-state index in [1.807, 2.05) is 71.2 Å². The summed E-state index contributed by atoms with van der Waals surface area (Å²) in [5, 5.41) is 12.2. The van der Waals surface area contributed by atoms with Gasteiger partial charge in [-0.2, -0.15) is 0 Å². The molecule has 0 atom stereocenters. The second-order valence-electron chi connectivity index (χ2n) is 27.1. The van der Waals surface area contributed by atoms with Crippen molar-refractivity contribution >= 4 is 106 Å². The van der Waals surface area contributed by atoms with Gasteiger partial charge >= 0.3 is 0 Å². The van der Waals surface area contributed by atoms with E-state index >= 15 is 0 Å². The Bertz CT molecular complexity index is 6940. The van der Waals surface area contributed by atoms with Crippen molar-refractivity contribution in [2.45, 2.75) is 0 Å². The summed E-state index contributed by atoms with van der Waals surface area (Å²) in [7, 11) is 0. The summed E-state index contributed by atoms with van der Waals surface area (Å²) in [6.07, 6.45) is 0. The van der Waals surface area contributed by atoms with Gasteiger partial charge in [0.15, 0.2) is 11.6 Å². The Labute approximate surface area is 631 Å². The molecule has 0 aliphatic carbocycles. The van der Waals surface area contributed by atoms with Crippen LogP contribution in [0.5, 0.6) is 0 Å². The average Bonchev–Trinajstić information content (AvgIpc) is 1.53. The first-order chi connectivity index (χ1) is 53.5. The summed E-state index contributed by atoms with van der Waals surface area (Å²) >= 11 is 3.71. The van der Waals surface area contributed by atoms with Gasteiger partial charge in [-0.3, -0.25) is 0 Å². The Morgan fingerprint density at radius 1 is 0.185 bits per heavy atom. The van der Waals surface area contributed by atoms with E-state index in [0.29, 0.717) is 11.6 Å². The molecule has 504 valence electrons. The molecule has 0 spiro atoms. The lowest BCUT2D eigenvalue weighted by atomic mass is 9.93. The maximum absolute atomic E-state index is 5.48. The van der Waals surface area contributed by atoms with Gasteiger partial charge in [0.25, 0.3) is 0 Å². The molecule has 8 heteroatoms. The van der Waals surface area contributed by atoms with Crippen LogP contribution in [-0.2, 0) is 0 Å². The van der Waals surface area contributed by atoms with Gasteiger partial charge in [0, 0.05) is 95.6 Å². The van der Waals surface area contributed by atoms with Crippen LogP contribution in [0.2, 0.25) is 0 Å². The molecular weight excluding hydrogens is 1350 g/mol. The van der Waals surface area contributed by atoms with E-state index in [2.05, 4.69) is 328 Å². The third kappa shape index (κ3) is 11.7. The van der Waals surface area contributed by atoms with E-state index in [1.165, 1.54) is 100 Å². The van der Waals surface area contributed by atoms with Crippen LogP contribution in [0.1, 0.15) is 0 Å². The molecule has 6 heterocycles. The highest BCUT2D eigenvalue weighted by Gasteiger charge is 2.23. The lowest BCUT2D eigenvalue weighted by Crippen LogP contribution is -1.96. The fourth-order valence-electron chi connectivity index (χ4n) is 15.4. The SMILES string of the molecule is c1ccc(-c2cc(-c3ccc(-c4nc5cccc(-c6cccc7ccccc67)c5c5sc6ccccc6c45)cc3)nc(-c3ccccc3)n2)cc1.c1ccc(-c2ccc(-c3nc(-c4ccccc4)cc(-c4ccc(-c5nc6cccc(-c7cccc8ccccc78)c6c6sc7ccccc7c56)cc4)n3)cc2)cc1. The zero-order chi connectivity index (χ0) is 71.4. The minimum absolute atomic E-state index is 0.694. The van der Waals surface area contributed by atoms with Gasteiger partial charge in [0.1, 0.15) is 0 Å². The normalized spacial score (nSPS) is 11.5. The summed E-state index contributed by atoms with van der Waals surface area (Å²) in [6, 6.07) is 132. The van der Waals surface area contributed by atoms with Crippen LogP contribution in [0.4, 0.5) is 0 Å². The van der Waals surface area contributed by atoms with Crippen molar-refractivity contribution in [1.82, 2.24) is 29.9 Å². The zero-order valence-corrected chi connectivity index (χ0v) is 59.9. The van der Waals surface area contributed by atoms with Crippen LogP contribution in [0.3, 0.4) is 0 Å². The molecule has 0 aliphatic rings. The maximum Gasteiger partial charge on any atom is 0.160 e. The highest BCUT2D eigenvalue weighted by Crippen LogP contribution is 2.49. The molecule has 0 unspecified atom stereocenters. The van der Waals surface area contributed by atoms with Gasteiger partial charge in [-0.15, -0.1) is 22.7 Å². The summed E-state index contributed by atoms with van der Waals surface area (Å²) < 4.78 is 5.04. The number of hydrogen-bond acceptors (Lipinski definition) is 8. The molecule has 0 saturated carbocycles. The molecule has 6 aromatic heterocycles. The third-order valence-corrected chi connectivity index (χ3v) is 23.0. The molecule has 0 amide bonds. The number of benzene rings is 15. The van der Waals surface area contributed by atoms with Gasteiger partial charge in [0.2, 0.25) is 0 Å². The van der Waals surface area contributed by atoms with E-state index in [1.54, 1.807) is 0 Å². The van der Waals surface area contributed by atoms with Gasteiger partial charge < -0.3 is 0 Å². The molecule has 21 aromatic rings. The molecule has 6 nitrogen and oxygen atoms in total. The van der Waals surface area contributed by atoms with Gasteiger partial charge in [0.05, 0.1) is 45.2 Å². The summed E-state index contributed by atoms with van der Waals surface area (Å²) in [6.45, 7) is 0. The molecule has 0 aliphatic heterocycles. The smallest absolute Gasteiger partial charge is 0.160 e. The number of nitrogens with zero attached hydrogens (tertiary/aromatic N) is 6. The maximum atomic E-state index is 5.48. The number of pyridine rings is 2. The molecule has 108 heavy (non-hydrogen) atoms. The molecule has 0 saturated heterocycles. The minimum atomic E-state index is 0.694. The van der Waals surface area contributed by atoms with E-state index in [-0.39, 0.29) is 0 Å². The Kier molecular flexibility index (Phi) is 16.2. The van der Waals surface area contributed by atoms with Gasteiger partial charge in [-0.05, 0) is 91.3 Å². The number of aromatic nitrogens is 6. The molecule has 0 radical (unpaired) electrons. The first-order valence-corrected chi connectivity index (χ1v) is 37.9. The molecule has 0 N–H and O–H groups in total. The number of hydrogen-bond donors (Lipinski definition) is 0. The van der Waals surface area contributed by atoms with Crippen LogP contribution in [-0.4, -0.2) is 29.9 Å². The Hall–Kier alpha value is -13.8. The van der Waals surface area contributed by atoms with Crippen molar-refractivity contribution in [3.8, 4) is 124 Å². The summed E-state index contributed by atoms with van der Waals surface area (Å²) in [5.74, 6) is 1.40. The molecular formula is C100H62N6S2. The summed E-state index contributed by atoms with van der Waals surface area (Å²) in [5.41, 5.74) is 23.0. The topological polar surface area (TPSA) is 77.3 Å². The van der Waals surface area contributed by atoms with Crippen LogP contribution < -0.4 is 0 Å². The first-order valence-electron chi connectivity index (χ1n) is 36.3. The van der Waals surface area contributed by atoms with E-state index in [4.69, 9.17) is 29.9 Å². The van der Waals surface area contributed by atoms with Crippen LogP contribution >= 0.6 is 22.7 Å². The Morgan fingerprint density at radius 3 is 0.898 bits per heavy atom. The quantitative estimate of drug-likeness (QED) is 0.128. The monoisotopic (exact) mass is 1410 g/mol. The molecule has 21 rings (SSSR count). The highest BCUT2D eigenvalue weighted by atomic mass is 32.1. The van der Waals surface area contributed by atoms with Crippen molar-refractivity contribution in [1.29, 1.82) is 0 Å². The largest absolute Gasteiger partial charge is 0.247 e. The van der Waals surface area contributed by atoms with Crippen molar-refractivity contribution in [3.05, 3.63) is 376 Å². The first kappa shape index (κ1) is 63.9. The van der Waals surface area contributed by atoms with E-state index < -0.39 is 0 Å². The van der Waals surface area contributed by atoms with Crippen molar-refractivity contribution < 1.29 is 0 Å². The molecule has 0 fully saturated rings. The predicted molar refractivity (Wildman–Crippen MR) is 455 cm³/mol. The standard InChI is InChI=1S/C53H33N3S.C47H29N3S/c1-3-13-34(14-4-1)35-25-31-40(32-26-35)53-55-46(37-16-5-2-6-17-37)33-47(56-53)38-27-29-39(30-28-38)51-50-44-20-9-10-24-48(44)57-52(50)49-43(22-12-23-45(49)54-51)42-21-11-18-36-15-7-8-19-41(36)42;1-3-14-31(15-4-1)40-29-41(50-47(49-40)34-16-5-2-6-17-34)32-25-27-33(28-26-32)45-44-38-20-9-10-24-42(38)51-46(44)43-37(22-12-23-39(43)48-45)36-21-11-18-30-13-7-8-19-35(30)36/h1-33H;1-29H. The van der Waals surface area contributed by atoms with E-state index in [9.17, 15) is 0 Å². The second-order valence-corrected chi connectivity index (χ2v) is 29.2. The fourth-order valence-corrected chi connectivity index (χ4v) is 17.9. The number of thiophene rings is 2. The minimum Gasteiger partial charge on any atom is -0.247 e. The highest BCUT2D eigenvalue weighted by molar-refractivity contribution is 7.27. The molecule has 0 bridgehead atoms. The van der Waals surface area contributed by atoms with Gasteiger partial charge in [-0.1, -0.05) is 340 Å². The second kappa shape index (κ2) is 27.4. The lowest BCUT2D eigenvalue weighted by Gasteiger charge is -2.14. The fraction of sp³-hybridized carbons (Fsp3) is 0. The third-order valence-electron chi connectivity index (χ3n) is 20.6. The van der Waals surface area contributed by atoms with Crippen molar-refractivity contribution in [2.24, 2.45) is 0 Å². The lowest BCUT2D eigenvalue weighted by molar-refractivity contribution is 1.18. The summed E-state index contributed by atoms with van der Waals surface area (Å²) in [4.78, 5) is 31.2. The predicted octanol–water partition coefficient (Wildman–Crippen LogP) is 27.4. The zero-order valence-electron chi connectivity index (χ0n) is 58.3. The van der Waals surface area contributed by atoms with Gasteiger partial charge in [-0.25, -0.2) is 29.9 Å². The van der Waals surface area contributed by atoms with E-state index in [0.717, 1.165) is 95.3 Å². The Balaban J connectivity index is 0.000000143. The van der Waals surface area contributed by atoms with Crippen LogP contribution in [0.25, 0.3) is 207 Å². The number of rotatable bonds is 11. The van der Waals surface area contributed by atoms with Crippen molar-refractivity contribution in [2.75, 3.05) is 0 Å². The average molecular weight is 1410 g/mol. The Morgan fingerprint density at radius 2 is 0.472 bits per heavy atom. The molecule has 15 aromatic carbocycles. The number of fused-ring (bicyclic) bond motifs is 12. The van der Waals surface area contributed by atoms with Crippen molar-refractivity contribution in [3.63, 3.8) is 0 Å². The van der Waals surface area contributed by atoms with Crippen LogP contribution in [0, 0.1) is 0 Å². The van der Waals surface area contributed by atoms with Crippen LogP contribution in [0.15, 0.2) is 376 Å².